The lowest BCUT2D eigenvalue weighted by atomic mass is 9.79. The van der Waals surface area contributed by atoms with Crippen LogP contribution in [0.5, 0.6) is 0 Å². The second-order valence-electron chi connectivity index (χ2n) is 5.30. The summed E-state index contributed by atoms with van der Waals surface area (Å²) in [6.07, 6.45) is 5.76. The van der Waals surface area contributed by atoms with Crippen molar-refractivity contribution < 1.29 is 0 Å². The maximum absolute atomic E-state index is 5.75. The highest BCUT2D eigenvalue weighted by Crippen LogP contribution is 2.37. The molecule has 0 radical (unpaired) electrons. The number of hydrazine groups is 1. The van der Waals surface area contributed by atoms with E-state index in [1.807, 2.05) is 12.1 Å². The van der Waals surface area contributed by atoms with Crippen molar-refractivity contribution in [2.24, 2.45) is 5.84 Å². The zero-order chi connectivity index (χ0) is 13.9. The quantitative estimate of drug-likeness (QED) is 0.664. The van der Waals surface area contributed by atoms with Crippen LogP contribution in [-0.2, 0) is 0 Å². The molecule has 0 bridgehead atoms. The van der Waals surface area contributed by atoms with Crippen molar-refractivity contribution in [2.45, 2.75) is 31.2 Å². The molecule has 2 aromatic rings. The van der Waals surface area contributed by atoms with Gasteiger partial charge in [-0.3, -0.25) is 10.8 Å². The van der Waals surface area contributed by atoms with E-state index in [4.69, 9.17) is 5.84 Å². The highest BCUT2D eigenvalue weighted by Gasteiger charge is 2.21. The molecule has 3 N–H and O–H groups in total. The maximum atomic E-state index is 5.75. The minimum atomic E-state index is -0.0665. The molecule has 0 aliphatic heterocycles. The predicted octanol–water partition coefficient (Wildman–Crippen LogP) is 3.66. The lowest BCUT2D eigenvalue weighted by molar-refractivity contribution is 0.419. The monoisotopic (exact) mass is 331 g/mol. The number of hydrogen-bond acceptors (Lipinski definition) is 3. The fraction of sp³-hybridized carbons (Fsp3) is 0.312. The van der Waals surface area contributed by atoms with Gasteiger partial charge in [-0.2, -0.15) is 0 Å². The van der Waals surface area contributed by atoms with Crippen LogP contribution < -0.4 is 11.3 Å². The molecular formula is C16H18BrN3. The van der Waals surface area contributed by atoms with Gasteiger partial charge in [-0.05, 0) is 57.9 Å². The molecular weight excluding hydrogens is 314 g/mol. The van der Waals surface area contributed by atoms with E-state index in [9.17, 15) is 0 Å². The van der Waals surface area contributed by atoms with Crippen molar-refractivity contribution >= 4 is 15.9 Å². The summed E-state index contributed by atoms with van der Waals surface area (Å²) < 4.78 is 0.972. The van der Waals surface area contributed by atoms with Crippen LogP contribution in [0.1, 0.15) is 48.0 Å². The van der Waals surface area contributed by atoms with Gasteiger partial charge < -0.3 is 0 Å². The lowest BCUT2D eigenvalue weighted by Crippen LogP contribution is -2.29. The van der Waals surface area contributed by atoms with E-state index in [1.54, 1.807) is 6.20 Å². The molecule has 1 saturated carbocycles. The van der Waals surface area contributed by atoms with Crippen molar-refractivity contribution in [1.29, 1.82) is 0 Å². The first kappa shape index (κ1) is 13.7. The van der Waals surface area contributed by atoms with Crippen LogP contribution >= 0.6 is 15.9 Å². The van der Waals surface area contributed by atoms with Gasteiger partial charge in [0.05, 0.1) is 11.7 Å². The molecule has 1 aromatic carbocycles. The van der Waals surface area contributed by atoms with Gasteiger partial charge in [-0.15, -0.1) is 0 Å². The molecule has 4 heteroatoms. The largest absolute Gasteiger partial charge is 0.271 e. The Kier molecular flexibility index (Phi) is 4.15. The topological polar surface area (TPSA) is 50.9 Å². The molecule has 20 heavy (non-hydrogen) atoms. The lowest BCUT2D eigenvalue weighted by Gasteiger charge is -2.27. The van der Waals surface area contributed by atoms with Crippen molar-refractivity contribution in [3.63, 3.8) is 0 Å². The number of halogens is 1. The van der Waals surface area contributed by atoms with E-state index in [0.717, 1.165) is 16.1 Å². The van der Waals surface area contributed by atoms with Gasteiger partial charge in [0, 0.05) is 10.7 Å². The van der Waals surface area contributed by atoms with Gasteiger partial charge >= 0.3 is 0 Å². The molecule has 104 valence electrons. The first-order valence-corrected chi connectivity index (χ1v) is 7.74. The Hall–Kier alpha value is -1.23. The first-order chi connectivity index (χ1) is 9.78. The Morgan fingerprint density at radius 1 is 1.25 bits per heavy atom. The molecule has 0 amide bonds. The van der Waals surface area contributed by atoms with Gasteiger partial charge in [0.2, 0.25) is 0 Å². The van der Waals surface area contributed by atoms with Gasteiger partial charge in [-0.1, -0.05) is 30.7 Å². The van der Waals surface area contributed by atoms with Gasteiger partial charge in [0.15, 0.2) is 0 Å². The first-order valence-electron chi connectivity index (χ1n) is 6.95. The highest BCUT2D eigenvalue weighted by atomic mass is 79.9. The Morgan fingerprint density at radius 2 is 2.10 bits per heavy atom. The summed E-state index contributed by atoms with van der Waals surface area (Å²) in [5.74, 6) is 6.47. The molecule has 1 fully saturated rings. The number of hydrogen-bond donors (Lipinski definition) is 2. The Bertz CT molecular complexity index is 579. The van der Waals surface area contributed by atoms with Crippen molar-refractivity contribution in [2.75, 3.05) is 0 Å². The number of nitrogens with two attached hydrogens (primary N) is 1. The normalized spacial score (nSPS) is 16.7. The smallest absolute Gasteiger partial charge is 0.0881 e. The Labute approximate surface area is 127 Å². The van der Waals surface area contributed by atoms with Crippen LogP contribution in [0.4, 0.5) is 0 Å². The van der Waals surface area contributed by atoms with Crippen LogP contribution in [0.25, 0.3) is 0 Å². The molecule has 3 nitrogen and oxygen atoms in total. The summed E-state index contributed by atoms with van der Waals surface area (Å²) in [4.78, 5) is 4.45. The molecule has 3 rings (SSSR count). The van der Waals surface area contributed by atoms with E-state index in [2.05, 4.69) is 50.6 Å². The van der Waals surface area contributed by atoms with E-state index in [1.165, 1.54) is 30.4 Å². The molecule has 1 aliphatic rings. The second kappa shape index (κ2) is 6.04. The molecule has 1 atom stereocenters. The molecule has 1 unspecified atom stereocenters. The van der Waals surface area contributed by atoms with Crippen molar-refractivity contribution in [3.8, 4) is 0 Å². The predicted molar refractivity (Wildman–Crippen MR) is 84.1 cm³/mol. The Morgan fingerprint density at radius 3 is 2.70 bits per heavy atom. The third-order valence-electron chi connectivity index (χ3n) is 4.03. The Balaban J connectivity index is 1.90. The number of aromatic nitrogens is 1. The summed E-state index contributed by atoms with van der Waals surface area (Å²) >= 11 is 3.41. The van der Waals surface area contributed by atoms with Crippen LogP contribution in [0, 0.1) is 0 Å². The van der Waals surface area contributed by atoms with Gasteiger partial charge in [0.1, 0.15) is 0 Å². The summed E-state index contributed by atoms with van der Waals surface area (Å²) in [5, 5.41) is 0. The summed E-state index contributed by atoms with van der Waals surface area (Å²) in [5.41, 5.74) is 6.41. The standard InChI is InChI=1S/C16H18BrN3/c17-14-7-8-15(19-10-14)16(20-18)13-6-2-5-12(9-13)11-3-1-4-11/h2,5-11,16,20H,1,3-4,18H2. The third-order valence-corrected chi connectivity index (χ3v) is 4.50. The van der Waals surface area contributed by atoms with Crippen molar-refractivity contribution in [1.82, 2.24) is 10.4 Å². The van der Waals surface area contributed by atoms with Crippen molar-refractivity contribution in [3.05, 3.63) is 63.9 Å². The number of rotatable bonds is 4. The van der Waals surface area contributed by atoms with E-state index < -0.39 is 0 Å². The molecule has 0 saturated heterocycles. The van der Waals surface area contributed by atoms with Crippen LogP contribution in [0.3, 0.4) is 0 Å². The van der Waals surface area contributed by atoms with Gasteiger partial charge in [0.25, 0.3) is 0 Å². The number of nitrogens with zero attached hydrogens (tertiary/aromatic N) is 1. The summed E-state index contributed by atoms with van der Waals surface area (Å²) in [7, 11) is 0. The van der Waals surface area contributed by atoms with Crippen LogP contribution in [0.2, 0.25) is 0 Å². The second-order valence-corrected chi connectivity index (χ2v) is 6.21. The summed E-state index contributed by atoms with van der Waals surface area (Å²) in [6.45, 7) is 0. The van der Waals surface area contributed by atoms with E-state index >= 15 is 0 Å². The minimum Gasteiger partial charge on any atom is -0.271 e. The maximum Gasteiger partial charge on any atom is 0.0881 e. The van der Waals surface area contributed by atoms with E-state index in [-0.39, 0.29) is 6.04 Å². The number of nitrogens with one attached hydrogen (secondary N) is 1. The molecule has 1 heterocycles. The fourth-order valence-corrected chi connectivity index (χ4v) is 2.88. The third kappa shape index (κ3) is 2.77. The zero-order valence-corrected chi connectivity index (χ0v) is 12.8. The average Bonchev–Trinajstić information content (AvgIpc) is 2.40. The summed E-state index contributed by atoms with van der Waals surface area (Å²) in [6, 6.07) is 12.6. The zero-order valence-electron chi connectivity index (χ0n) is 11.2. The molecule has 1 aromatic heterocycles. The highest BCUT2D eigenvalue weighted by molar-refractivity contribution is 9.10. The van der Waals surface area contributed by atoms with Gasteiger partial charge in [-0.25, -0.2) is 5.43 Å². The molecule has 0 spiro atoms. The number of pyridine rings is 1. The SMILES string of the molecule is NNC(c1cccc(C2CCC2)c1)c1ccc(Br)cn1. The fourth-order valence-electron chi connectivity index (χ4n) is 2.64. The van der Waals surface area contributed by atoms with Crippen LogP contribution in [-0.4, -0.2) is 4.98 Å². The number of benzene rings is 1. The van der Waals surface area contributed by atoms with Crippen LogP contribution in [0.15, 0.2) is 47.1 Å². The average molecular weight is 332 g/mol. The van der Waals surface area contributed by atoms with E-state index in [0.29, 0.717) is 0 Å². The molecule has 1 aliphatic carbocycles. The minimum absolute atomic E-state index is 0.0665.